The molecule has 0 radical (unpaired) electrons. The van der Waals surface area contributed by atoms with Gasteiger partial charge in [-0.2, -0.15) is 0 Å². The number of carbonyl (C=O) groups is 1. The molecule has 0 amide bonds. The first kappa shape index (κ1) is 11.7. The summed E-state index contributed by atoms with van der Waals surface area (Å²) in [6.07, 6.45) is 5.57. The maximum Gasteiger partial charge on any atom is 0.168 e. The second-order valence-corrected chi connectivity index (χ2v) is 5.56. The fraction of sp³-hybridized carbons (Fsp3) is 0.533. The van der Waals surface area contributed by atoms with Crippen molar-refractivity contribution in [1.29, 1.82) is 0 Å². The van der Waals surface area contributed by atoms with Crippen molar-refractivity contribution in [1.82, 2.24) is 0 Å². The molecule has 1 aromatic carbocycles. The Kier molecular flexibility index (Phi) is 2.86. The molecule has 2 N–H and O–H groups in total. The fourth-order valence-corrected chi connectivity index (χ4v) is 2.83. The number of hydrogen-bond acceptors (Lipinski definition) is 3. The summed E-state index contributed by atoms with van der Waals surface area (Å²) in [5, 5.41) is 0. The average molecular weight is 245 g/mol. The van der Waals surface area contributed by atoms with Gasteiger partial charge in [-0.05, 0) is 43.7 Å². The molecule has 0 atom stereocenters. The van der Waals surface area contributed by atoms with Crippen LogP contribution in [0.4, 0.5) is 0 Å². The normalized spacial score (nSPS) is 20.5. The minimum absolute atomic E-state index is 0.135. The number of ether oxygens (including phenoxy) is 1. The first-order chi connectivity index (χ1) is 8.68. The number of carbonyl (C=O) groups excluding carboxylic acids is 1. The summed E-state index contributed by atoms with van der Waals surface area (Å²) < 4.78 is 5.68. The molecular formula is C15H19NO2. The third-order valence-corrected chi connectivity index (χ3v) is 4.10. The van der Waals surface area contributed by atoms with Crippen LogP contribution in [0.25, 0.3) is 0 Å². The Hall–Kier alpha value is -1.35. The van der Waals surface area contributed by atoms with Gasteiger partial charge in [0.25, 0.3) is 0 Å². The average Bonchev–Trinajstić information content (AvgIpc) is 2.36. The van der Waals surface area contributed by atoms with Gasteiger partial charge in [-0.1, -0.05) is 12.1 Å². The van der Waals surface area contributed by atoms with E-state index in [1.54, 1.807) is 0 Å². The summed E-state index contributed by atoms with van der Waals surface area (Å²) in [5.41, 5.74) is 7.78. The van der Waals surface area contributed by atoms with Crippen molar-refractivity contribution in [2.75, 3.05) is 6.61 Å². The van der Waals surface area contributed by atoms with Crippen LogP contribution in [0.5, 0.6) is 5.75 Å². The standard InChI is InChI=1S/C15H19NO2/c16-15(7-3-8-15)10-13(17)12-6-1-4-11-5-2-9-18-14(11)12/h1,4,6H,2-3,5,7-10,16H2. The highest BCUT2D eigenvalue weighted by Gasteiger charge is 2.35. The highest BCUT2D eigenvalue weighted by Crippen LogP contribution is 2.36. The van der Waals surface area contributed by atoms with Gasteiger partial charge >= 0.3 is 0 Å². The molecule has 0 spiro atoms. The molecule has 1 aliphatic heterocycles. The van der Waals surface area contributed by atoms with Crippen LogP contribution in [-0.2, 0) is 6.42 Å². The van der Waals surface area contributed by atoms with Crippen molar-refractivity contribution >= 4 is 5.78 Å². The predicted molar refractivity (Wildman–Crippen MR) is 70.0 cm³/mol. The van der Waals surface area contributed by atoms with E-state index < -0.39 is 0 Å². The second kappa shape index (κ2) is 4.39. The molecule has 0 unspecified atom stereocenters. The number of hydrogen-bond donors (Lipinski definition) is 1. The molecule has 1 fully saturated rings. The maximum absolute atomic E-state index is 12.4. The largest absolute Gasteiger partial charge is 0.493 e. The van der Waals surface area contributed by atoms with Gasteiger partial charge in [-0.15, -0.1) is 0 Å². The number of aryl methyl sites for hydroxylation is 1. The van der Waals surface area contributed by atoms with Gasteiger partial charge in [-0.25, -0.2) is 0 Å². The Morgan fingerprint density at radius 2 is 2.17 bits per heavy atom. The number of Topliss-reactive ketones (excluding diaryl/α,β-unsaturated/α-hetero) is 1. The molecule has 2 aliphatic rings. The van der Waals surface area contributed by atoms with Gasteiger partial charge in [0, 0.05) is 12.0 Å². The molecule has 0 saturated heterocycles. The molecule has 96 valence electrons. The SMILES string of the molecule is NC1(CC(=O)c2cccc3c2OCCC3)CCC1. The van der Waals surface area contributed by atoms with Crippen molar-refractivity contribution in [2.24, 2.45) is 5.73 Å². The van der Waals surface area contributed by atoms with Gasteiger partial charge in [-0.3, -0.25) is 4.79 Å². The van der Waals surface area contributed by atoms with Gasteiger partial charge in [0.1, 0.15) is 5.75 Å². The minimum atomic E-state index is -0.255. The van der Waals surface area contributed by atoms with Crippen LogP contribution >= 0.6 is 0 Å². The number of fused-ring (bicyclic) bond motifs is 1. The second-order valence-electron chi connectivity index (χ2n) is 5.56. The predicted octanol–water partition coefficient (Wildman–Crippen LogP) is 2.47. The van der Waals surface area contributed by atoms with Crippen LogP contribution in [0.2, 0.25) is 0 Å². The lowest BCUT2D eigenvalue weighted by Crippen LogP contribution is -2.48. The van der Waals surface area contributed by atoms with E-state index in [1.807, 2.05) is 18.2 Å². The molecule has 3 rings (SSSR count). The van der Waals surface area contributed by atoms with E-state index in [0.717, 1.165) is 49.0 Å². The Morgan fingerprint density at radius 3 is 2.89 bits per heavy atom. The number of benzene rings is 1. The van der Waals surface area contributed by atoms with E-state index in [2.05, 4.69) is 0 Å². The lowest BCUT2D eigenvalue weighted by molar-refractivity contribution is 0.0907. The maximum atomic E-state index is 12.4. The van der Waals surface area contributed by atoms with Crippen molar-refractivity contribution < 1.29 is 9.53 Å². The lowest BCUT2D eigenvalue weighted by Gasteiger charge is -2.37. The Morgan fingerprint density at radius 1 is 1.33 bits per heavy atom. The Bertz CT molecular complexity index is 477. The van der Waals surface area contributed by atoms with E-state index in [9.17, 15) is 4.79 Å². The summed E-state index contributed by atoms with van der Waals surface area (Å²) in [6.45, 7) is 0.713. The number of nitrogens with two attached hydrogens (primary N) is 1. The molecule has 18 heavy (non-hydrogen) atoms. The quantitative estimate of drug-likeness (QED) is 0.832. The molecule has 0 aromatic heterocycles. The van der Waals surface area contributed by atoms with Crippen LogP contribution in [0.3, 0.4) is 0 Å². The highest BCUT2D eigenvalue weighted by molar-refractivity contribution is 5.99. The van der Waals surface area contributed by atoms with E-state index in [-0.39, 0.29) is 11.3 Å². The number of ketones is 1. The first-order valence-corrected chi connectivity index (χ1v) is 6.75. The Labute approximate surface area is 107 Å². The summed E-state index contributed by atoms with van der Waals surface area (Å²) in [4.78, 5) is 12.4. The topological polar surface area (TPSA) is 52.3 Å². The number of rotatable bonds is 3. The summed E-state index contributed by atoms with van der Waals surface area (Å²) in [5.74, 6) is 0.938. The molecule has 1 aliphatic carbocycles. The smallest absolute Gasteiger partial charge is 0.168 e. The van der Waals surface area contributed by atoms with Crippen molar-refractivity contribution in [3.8, 4) is 5.75 Å². The van der Waals surface area contributed by atoms with Crippen LogP contribution < -0.4 is 10.5 Å². The zero-order valence-corrected chi connectivity index (χ0v) is 10.6. The Balaban J connectivity index is 1.85. The van der Waals surface area contributed by atoms with Crippen molar-refractivity contribution in [3.05, 3.63) is 29.3 Å². The van der Waals surface area contributed by atoms with Crippen LogP contribution in [-0.4, -0.2) is 17.9 Å². The summed E-state index contributed by atoms with van der Waals surface area (Å²) in [7, 11) is 0. The molecule has 3 heteroatoms. The highest BCUT2D eigenvalue weighted by atomic mass is 16.5. The fourth-order valence-electron chi connectivity index (χ4n) is 2.83. The third-order valence-electron chi connectivity index (χ3n) is 4.10. The van der Waals surface area contributed by atoms with Gasteiger partial charge in [0.05, 0.1) is 12.2 Å². The van der Waals surface area contributed by atoms with Gasteiger partial charge < -0.3 is 10.5 Å². The van der Waals surface area contributed by atoms with Crippen LogP contribution in [0, 0.1) is 0 Å². The molecule has 0 bridgehead atoms. The molecule has 1 heterocycles. The zero-order valence-electron chi connectivity index (χ0n) is 10.6. The van der Waals surface area contributed by atoms with E-state index in [1.165, 1.54) is 0 Å². The summed E-state index contributed by atoms with van der Waals surface area (Å²) in [6, 6.07) is 5.87. The van der Waals surface area contributed by atoms with Crippen LogP contribution in [0.15, 0.2) is 18.2 Å². The number of para-hydroxylation sites is 1. The molecule has 1 saturated carbocycles. The van der Waals surface area contributed by atoms with Crippen LogP contribution in [0.1, 0.15) is 48.0 Å². The van der Waals surface area contributed by atoms with E-state index in [4.69, 9.17) is 10.5 Å². The molecule has 1 aromatic rings. The monoisotopic (exact) mass is 245 g/mol. The summed E-state index contributed by atoms with van der Waals surface area (Å²) >= 11 is 0. The minimum Gasteiger partial charge on any atom is -0.493 e. The lowest BCUT2D eigenvalue weighted by atomic mass is 9.73. The van der Waals surface area contributed by atoms with Gasteiger partial charge in [0.15, 0.2) is 5.78 Å². The van der Waals surface area contributed by atoms with E-state index >= 15 is 0 Å². The molecular weight excluding hydrogens is 226 g/mol. The molecule has 3 nitrogen and oxygen atoms in total. The van der Waals surface area contributed by atoms with Crippen molar-refractivity contribution in [3.63, 3.8) is 0 Å². The van der Waals surface area contributed by atoms with Gasteiger partial charge in [0.2, 0.25) is 0 Å². The van der Waals surface area contributed by atoms with E-state index in [0.29, 0.717) is 13.0 Å². The first-order valence-electron chi connectivity index (χ1n) is 6.75. The van der Waals surface area contributed by atoms with Crippen molar-refractivity contribution in [2.45, 2.75) is 44.1 Å². The third kappa shape index (κ3) is 2.03. The zero-order chi connectivity index (χ0) is 12.6.